The Morgan fingerprint density at radius 2 is 2.08 bits per heavy atom. The van der Waals surface area contributed by atoms with Gasteiger partial charge in [0.05, 0.1) is 13.0 Å². The van der Waals surface area contributed by atoms with Crippen molar-refractivity contribution >= 4 is 33.7 Å². The molecule has 6 heteroatoms. The highest BCUT2D eigenvalue weighted by atomic mass is 32.2. The number of aliphatic imine (C=N–C) groups is 1. The van der Waals surface area contributed by atoms with E-state index < -0.39 is 0 Å². The number of nitrogens with zero attached hydrogens (tertiary/aromatic N) is 3. The van der Waals surface area contributed by atoms with Gasteiger partial charge in [-0.25, -0.2) is 0 Å². The van der Waals surface area contributed by atoms with Crippen molar-refractivity contribution in [1.82, 2.24) is 14.8 Å². The molecule has 1 amide bonds. The number of fused-ring (bicyclic) bond motifs is 1. The third-order valence-electron chi connectivity index (χ3n) is 4.71. The lowest BCUT2D eigenvalue weighted by molar-refractivity contribution is -0.131. The number of piperazine rings is 1. The van der Waals surface area contributed by atoms with E-state index in [0.29, 0.717) is 11.7 Å². The number of nitrogens with one attached hydrogen (secondary N) is 1. The van der Waals surface area contributed by atoms with Crippen molar-refractivity contribution in [2.45, 2.75) is 18.6 Å². The molecule has 2 aromatic rings. The Labute approximate surface area is 146 Å². The zero-order chi connectivity index (χ0) is 16.5. The largest absolute Gasteiger partial charge is 0.361 e. The zero-order valence-electron chi connectivity index (χ0n) is 13.9. The first kappa shape index (κ1) is 15.6. The summed E-state index contributed by atoms with van der Waals surface area (Å²) in [6.07, 6.45) is 2.43. The summed E-state index contributed by atoms with van der Waals surface area (Å²) in [6, 6.07) is 8.14. The average Bonchev–Trinajstić information content (AvgIpc) is 3.22. The topological polar surface area (TPSA) is 51.7 Å². The van der Waals surface area contributed by atoms with Gasteiger partial charge in [0.1, 0.15) is 0 Å². The van der Waals surface area contributed by atoms with Crippen molar-refractivity contribution in [2.24, 2.45) is 4.99 Å². The van der Waals surface area contributed by atoms with E-state index >= 15 is 0 Å². The van der Waals surface area contributed by atoms with Gasteiger partial charge in [0.25, 0.3) is 0 Å². The van der Waals surface area contributed by atoms with Gasteiger partial charge in [0, 0.05) is 48.5 Å². The molecule has 1 fully saturated rings. The number of amides is 1. The van der Waals surface area contributed by atoms with Crippen LogP contribution >= 0.6 is 11.8 Å². The van der Waals surface area contributed by atoms with E-state index in [-0.39, 0.29) is 5.91 Å². The molecule has 24 heavy (non-hydrogen) atoms. The molecule has 1 N–H and O–H groups in total. The van der Waals surface area contributed by atoms with Crippen LogP contribution in [0.5, 0.6) is 0 Å². The van der Waals surface area contributed by atoms with Gasteiger partial charge in [-0.3, -0.25) is 9.79 Å². The molecular formula is C18H22N4OS. The van der Waals surface area contributed by atoms with Crippen LogP contribution in [0, 0.1) is 0 Å². The van der Waals surface area contributed by atoms with E-state index in [1.165, 1.54) is 0 Å². The van der Waals surface area contributed by atoms with Crippen molar-refractivity contribution < 1.29 is 4.79 Å². The number of para-hydroxylation sites is 1. The zero-order valence-corrected chi connectivity index (χ0v) is 14.7. The van der Waals surface area contributed by atoms with Gasteiger partial charge >= 0.3 is 0 Å². The number of H-pyrrole nitrogens is 1. The highest BCUT2D eigenvalue weighted by molar-refractivity contribution is 8.14. The molecule has 1 aromatic heterocycles. The minimum Gasteiger partial charge on any atom is -0.361 e. The molecule has 1 atom stereocenters. The second kappa shape index (κ2) is 6.51. The van der Waals surface area contributed by atoms with Gasteiger partial charge in [-0.05, 0) is 11.6 Å². The summed E-state index contributed by atoms with van der Waals surface area (Å²) in [7, 11) is 0. The van der Waals surface area contributed by atoms with Crippen molar-refractivity contribution in [3.8, 4) is 0 Å². The highest BCUT2D eigenvalue weighted by Crippen LogP contribution is 2.24. The number of hydrogen-bond acceptors (Lipinski definition) is 4. The monoisotopic (exact) mass is 342 g/mol. The third kappa shape index (κ3) is 3.02. The fraction of sp³-hybridized carbons (Fsp3) is 0.444. The predicted molar refractivity (Wildman–Crippen MR) is 99.5 cm³/mol. The normalized spacial score (nSPS) is 21.4. The van der Waals surface area contributed by atoms with Crippen LogP contribution in [0.2, 0.25) is 0 Å². The molecular weight excluding hydrogens is 320 g/mol. The Balaban J connectivity index is 1.36. The Hall–Kier alpha value is -1.95. The van der Waals surface area contributed by atoms with Crippen LogP contribution < -0.4 is 0 Å². The lowest BCUT2D eigenvalue weighted by Gasteiger charge is -2.35. The van der Waals surface area contributed by atoms with Gasteiger partial charge in [0.15, 0.2) is 5.17 Å². The molecule has 0 aliphatic carbocycles. The molecule has 126 valence electrons. The van der Waals surface area contributed by atoms with E-state index in [0.717, 1.165) is 54.4 Å². The first-order valence-electron chi connectivity index (χ1n) is 8.49. The van der Waals surface area contributed by atoms with Crippen molar-refractivity contribution in [3.05, 3.63) is 36.0 Å². The number of aromatic nitrogens is 1. The van der Waals surface area contributed by atoms with Crippen LogP contribution in [0.4, 0.5) is 0 Å². The Kier molecular flexibility index (Phi) is 4.22. The molecule has 0 bridgehead atoms. The van der Waals surface area contributed by atoms with Crippen molar-refractivity contribution in [3.63, 3.8) is 0 Å². The smallest absolute Gasteiger partial charge is 0.227 e. The number of amidine groups is 1. The van der Waals surface area contributed by atoms with Crippen molar-refractivity contribution in [2.75, 3.05) is 32.7 Å². The Morgan fingerprint density at radius 1 is 1.29 bits per heavy atom. The quantitative estimate of drug-likeness (QED) is 0.911. The molecule has 4 rings (SSSR count). The van der Waals surface area contributed by atoms with Crippen molar-refractivity contribution in [1.29, 1.82) is 0 Å². The molecule has 0 radical (unpaired) electrons. The minimum absolute atomic E-state index is 0.216. The molecule has 3 heterocycles. The van der Waals surface area contributed by atoms with Crippen LogP contribution in [0.25, 0.3) is 10.9 Å². The minimum atomic E-state index is 0.216. The van der Waals surface area contributed by atoms with Crippen LogP contribution in [-0.4, -0.2) is 63.8 Å². The molecule has 5 nitrogen and oxygen atoms in total. The summed E-state index contributed by atoms with van der Waals surface area (Å²) in [5, 5.41) is 2.89. The highest BCUT2D eigenvalue weighted by Gasteiger charge is 2.26. The summed E-state index contributed by atoms with van der Waals surface area (Å²) in [6.45, 7) is 6.47. The molecule has 2 aliphatic rings. The lowest BCUT2D eigenvalue weighted by Crippen LogP contribution is -2.50. The van der Waals surface area contributed by atoms with E-state index in [1.54, 1.807) is 0 Å². The summed E-state index contributed by atoms with van der Waals surface area (Å²) < 4.78 is 0. The molecule has 0 saturated carbocycles. The molecule has 1 aromatic carbocycles. The Bertz CT molecular complexity index is 776. The predicted octanol–water partition coefficient (Wildman–Crippen LogP) is 2.35. The number of hydrogen-bond donors (Lipinski definition) is 1. The fourth-order valence-electron chi connectivity index (χ4n) is 3.34. The number of carbonyl (C=O) groups excluding carboxylic acids is 1. The fourth-order valence-corrected chi connectivity index (χ4v) is 4.33. The van der Waals surface area contributed by atoms with E-state index in [9.17, 15) is 4.79 Å². The van der Waals surface area contributed by atoms with Gasteiger partial charge in [0.2, 0.25) is 5.91 Å². The van der Waals surface area contributed by atoms with Gasteiger partial charge < -0.3 is 14.8 Å². The number of carbonyl (C=O) groups is 1. The molecule has 1 saturated heterocycles. The van der Waals surface area contributed by atoms with Crippen LogP contribution in [0.15, 0.2) is 35.5 Å². The number of thioether (sulfide) groups is 1. The van der Waals surface area contributed by atoms with E-state index in [2.05, 4.69) is 27.9 Å². The van der Waals surface area contributed by atoms with Gasteiger partial charge in [-0.1, -0.05) is 36.9 Å². The lowest BCUT2D eigenvalue weighted by atomic mass is 10.1. The standard InChI is InChI=1S/C18H22N4OS/c1-13-11-20-18(24-13)22-8-6-21(7-9-22)17(23)10-14-12-19-16-5-3-2-4-15(14)16/h2-5,12-13,19H,6-11H2,1H3. The molecule has 2 aliphatic heterocycles. The third-order valence-corrected chi connectivity index (χ3v) is 5.86. The van der Waals surface area contributed by atoms with Crippen LogP contribution in [0.3, 0.4) is 0 Å². The van der Waals surface area contributed by atoms with Crippen LogP contribution in [-0.2, 0) is 11.2 Å². The first-order valence-corrected chi connectivity index (χ1v) is 9.37. The first-order chi connectivity index (χ1) is 11.7. The maximum Gasteiger partial charge on any atom is 0.227 e. The molecule has 1 unspecified atom stereocenters. The summed E-state index contributed by atoms with van der Waals surface area (Å²) in [5.74, 6) is 0.216. The maximum absolute atomic E-state index is 12.6. The van der Waals surface area contributed by atoms with Crippen LogP contribution in [0.1, 0.15) is 12.5 Å². The van der Waals surface area contributed by atoms with Gasteiger partial charge in [-0.15, -0.1) is 0 Å². The second-order valence-electron chi connectivity index (χ2n) is 6.46. The SMILES string of the molecule is CC1CN=C(N2CCN(C(=O)Cc3c[nH]c4ccccc34)CC2)S1. The molecule has 0 spiro atoms. The Morgan fingerprint density at radius 3 is 2.83 bits per heavy atom. The summed E-state index contributed by atoms with van der Waals surface area (Å²) in [4.78, 5) is 24.8. The second-order valence-corrected chi connectivity index (χ2v) is 7.86. The van der Waals surface area contributed by atoms with Gasteiger partial charge in [-0.2, -0.15) is 0 Å². The van der Waals surface area contributed by atoms with E-state index in [4.69, 9.17) is 0 Å². The number of benzene rings is 1. The average molecular weight is 342 g/mol. The summed E-state index contributed by atoms with van der Waals surface area (Å²) >= 11 is 1.86. The van der Waals surface area contributed by atoms with E-state index in [1.807, 2.05) is 41.1 Å². The number of rotatable bonds is 2. The number of aromatic amines is 1. The maximum atomic E-state index is 12.6. The summed E-state index contributed by atoms with van der Waals surface area (Å²) in [5.41, 5.74) is 2.18.